The fourth-order valence-corrected chi connectivity index (χ4v) is 3.10. The van der Waals surface area contributed by atoms with Crippen molar-refractivity contribution in [2.75, 3.05) is 0 Å². The van der Waals surface area contributed by atoms with E-state index >= 15 is 0 Å². The van der Waals surface area contributed by atoms with Crippen LogP contribution in [-0.2, 0) is 10.2 Å². The number of halogens is 1. The molecule has 0 heterocycles. The topological polar surface area (TPSA) is 41.5 Å². The summed E-state index contributed by atoms with van der Waals surface area (Å²) in [7, 11) is 0. The van der Waals surface area contributed by atoms with Crippen LogP contribution in [0.4, 0.5) is 0 Å². The van der Waals surface area contributed by atoms with Crippen molar-refractivity contribution in [3.8, 4) is 0 Å². The van der Waals surface area contributed by atoms with Gasteiger partial charge in [-0.05, 0) is 34.9 Å². The highest BCUT2D eigenvalue weighted by Crippen LogP contribution is 2.47. The molecule has 1 aliphatic carbocycles. The van der Waals surface area contributed by atoms with Crippen LogP contribution in [0.1, 0.15) is 49.8 Å². The molecule has 3 nitrogen and oxygen atoms in total. The molecule has 1 amide bonds. The van der Waals surface area contributed by atoms with Crippen LogP contribution in [0.25, 0.3) is 0 Å². The Labute approximate surface area is 154 Å². The van der Waals surface area contributed by atoms with Gasteiger partial charge in [0.25, 0.3) is 0 Å². The van der Waals surface area contributed by atoms with E-state index in [-0.39, 0.29) is 17.2 Å². The van der Waals surface area contributed by atoms with Crippen molar-refractivity contribution in [3.63, 3.8) is 0 Å². The van der Waals surface area contributed by atoms with Gasteiger partial charge in [-0.2, -0.15) is 5.10 Å². The fourth-order valence-electron chi connectivity index (χ4n) is 2.91. The molecule has 0 saturated heterocycles. The number of hydrogen-bond donors (Lipinski definition) is 1. The average Bonchev–Trinajstić information content (AvgIpc) is 3.37. The minimum Gasteiger partial charge on any atom is -0.273 e. The van der Waals surface area contributed by atoms with Gasteiger partial charge in [0.05, 0.1) is 6.21 Å². The van der Waals surface area contributed by atoms with Crippen molar-refractivity contribution >= 4 is 23.7 Å². The van der Waals surface area contributed by atoms with E-state index in [0.29, 0.717) is 10.9 Å². The molecule has 0 aromatic heterocycles. The van der Waals surface area contributed by atoms with Crippen LogP contribution in [0.3, 0.4) is 0 Å². The average molecular weight is 355 g/mol. The van der Waals surface area contributed by atoms with Gasteiger partial charge in [0.1, 0.15) is 0 Å². The Kier molecular flexibility index (Phi) is 4.96. The summed E-state index contributed by atoms with van der Waals surface area (Å²) in [5.74, 6) is 0.265. The lowest BCUT2D eigenvalue weighted by Gasteiger charge is -2.19. The first-order chi connectivity index (χ1) is 11.9. The second-order valence-corrected chi connectivity index (χ2v) is 7.98. The lowest BCUT2D eigenvalue weighted by atomic mass is 9.86. The van der Waals surface area contributed by atoms with E-state index in [0.717, 1.165) is 12.0 Å². The molecule has 0 bridgehead atoms. The van der Waals surface area contributed by atoms with Gasteiger partial charge in [-0.15, -0.1) is 0 Å². The fraction of sp³-hybridized carbons (Fsp3) is 0.333. The van der Waals surface area contributed by atoms with Crippen LogP contribution in [0.2, 0.25) is 5.02 Å². The third-order valence-electron chi connectivity index (χ3n) is 4.62. The van der Waals surface area contributed by atoms with Gasteiger partial charge in [0.15, 0.2) is 0 Å². The summed E-state index contributed by atoms with van der Waals surface area (Å²) in [6, 6.07) is 16.0. The summed E-state index contributed by atoms with van der Waals surface area (Å²) in [5, 5.41) is 4.64. The molecule has 2 aromatic carbocycles. The number of carbonyl (C=O) groups excluding carboxylic acids is 1. The first kappa shape index (κ1) is 17.7. The Morgan fingerprint density at radius 1 is 1.16 bits per heavy atom. The summed E-state index contributed by atoms with van der Waals surface area (Å²) >= 11 is 6.06. The van der Waals surface area contributed by atoms with E-state index in [9.17, 15) is 4.79 Å². The summed E-state index contributed by atoms with van der Waals surface area (Å²) in [5.41, 5.74) is 6.09. The molecule has 1 aliphatic rings. The molecule has 2 aromatic rings. The van der Waals surface area contributed by atoms with Gasteiger partial charge in [0.2, 0.25) is 5.91 Å². The first-order valence-electron chi connectivity index (χ1n) is 8.54. The maximum atomic E-state index is 12.2. The lowest BCUT2D eigenvalue weighted by molar-refractivity contribution is -0.122. The third kappa shape index (κ3) is 4.29. The number of hydrogen-bond acceptors (Lipinski definition) is 2. The summed E-state index contributed by atoms with van der Waals surface area (Å²) in [6.07, 6.45) is 2.46. The summed E-state index contributed by atoms with van der Waals surface area (Å²) < 4.78 is 0. The zero-order valence-electron chi connectivity index (χ0n) is 14.8. The zero-order chi connectivity index (χ0) is 18.0. The molecule has 4 heteroatoms. The molecular formula is C21H23ClN2O. The predicted molar refractivity (Wildman–Crippen MR) is 103 cm³/mol. The van der Waals surface area contributed by atoms with Gasteiger partial charge in [-0.25, -0.2) is 5.43 Å². The van der Waals surface area contributed by atoms with E-state index < -0.39 is 0 Å². The number of nitrogens with one attached hydrogen (secondary N) is 1. The second kappa shape index (κ2) is 7.01. The maximum absolute atomic E-state index is 12.2. The number of benzene rings is 2. The minimum atomic E-state index is -0.0341. The Balaban J connectivity index is 1.56. The van der Waals surface area contributed by atoms with Crippen molar-refractivity contribution in [2.45, 2.75) is 38.5 Å². The van der Waals surface area contributed by atoms with Crippen LogP contribution < -0.4 is 5.43 Å². The van der Waals surface area contributed by atoms with Crippen molar-refractivity contribution in [2.24, 2.45) is 11.0 Å². The van der Waals surface area contributed by atoms with Crippen LogP contribution in [0.15, 0.2) is 53.6 Å². The quantitative estimate of drug-likeness (QED) is 0.616. The van der Waals surface area contributed by atoms with Crippen molar-refractivity contribution < 1.29 is 4.79 Å². The highest BCUT2D eigenvalue weighted by molar-refractivity contribution is 6.33. The highest BCUT2D eigenvalue weighted by atomic mass is 35.5. The Morgan fingerprint density at radius 2 is 1.84 bits per heavy atom. The van der Waals surface area contributed by atoms with Crippen LogP contribution >= 0.6 is 11.6 Å². The number of nitrogens with zero attached hydrogens (tertiary/aromatic N) is 1. The van der Waals surface area contributed by atoms with E-state index in [1.807, 2.05) is 18.2 Å². The van der Waals surface area contributed by atoms with Crippen LogP contribution in [0, 0.1) is 5.92 Å². The van der Waals surface area contributed by atoms with E-state index in [1.165, 1.54) is 11.1 Å². The van der Waals surface area contributed by atoms with E-state index in [1.54, 1.807) is 12.3 Å². The molecule has 3 rings (SSSR count). The second-order valence-electron chi connectivity index (χ2n) is 7.58. The molecule has 1 fully saturated rings. The van der Waals surface area contributed by atoms with E-state index in [2.05, 4.69) is 55.6 Å². The predicted octanol–water partition coefficient (Wildman–Crippen LogP) is 4.89. The standard InChI is InChI=1S/C21H23ClN2O/c1-21(2,3)16-10-8-14(9-11-16)17-12-18(17)20(25)24-23-13-15-6-4-5-7-19(15)22/h4-11,13,17-18H,12H2,1-3H3,(H,24,25)/t17-,18-/m0/s1. The van der Waals surface area contributed by atoms with Gasteiger partial charge in [-0.1, -0.05) is 74.8 Å². The van der Waals surface area contributed by atoms with E-state index in [4.69, 9.17) is 11.6 Å². The molecule has 0 aliphatic heterocycles. The number of hydrazone groups is 1. The van der Waals surface area contributed by atoms with Crippen molar-refractivity contribution in [3.05, 3.63) is 70.2 Å². The molecule has 25 heavy (non-hydrogen) atoms. The SMILES string of the molecule is CC(C)(C)c1ccc([C@@H]2C[C@@H]2C(=O)NN=Cc2ccccc2Cl)cc1. The van der Waals surface area contributed by atoms with Gasteiger partial charge in [-0.3, -0.25) is 4.79 Å². The number of rotatable bonds is 4. The minimum absolute atomic E-state index is 0.00359. The molecule has 1 saturated carbocycles. The summed E-state index contributed by atoms with van der Waals surface area (Å²) in [6.45, 7) is 6.60. The van der Waals surface area contributed by atoms with Crippen LogP contribution in [0.5, 0.6) is 0 Å². The van der Waals surface area contributed by atoms with Crippen molar-refractivity contribution in [1.29, 1.82) is 0 Å². The lowest BCUT2D eigenvalue weighted by Crippen LogP contribution is -2.20. The Morgan fingerprint density at radius 3 is 2.48 bits per heavy atom. The Hall–Kier alpha value is -2.13. The molecule has 130 valence electrons. The van der Waals surface area contributed by atoms with Crippen molar-refractivity contribution in [1.82, 2.24) is 5.43 Å². The molecule has 0 radical (unpaired) electrons. The summed E-state index contributed by atoms with van der Waals surface area (Å²) in [4.78, 5) is 12.2. The normalized spacial score (nSPS) is 19.8. The zero-order valence-corrected chi connectivity index (χ0v) is 15.5. The molecule has 0 unspecified atom stereocenters. The molecule has 1 N–H and O–H groups in total. The first-order valence-corrected chi connectivity index (χ1v) is 8.92. The highest BCUT2D eigenvalue weighted by Gasteiger charge is 2.43. The van der Waals surface area contributed by atoms with Gasteiger partial charge < -0.3 is 0 Å². The van der Waals surface area contributed by atoms with Crippen LogP contribution in [-0.4, -0.2) is 12.1 Å². The number of amides is 1. The van der Waals surface area contributed by atoms with Gasteiger partial charge in [0, 0.05) is 16.5 Å². The third-order valence-corrected chi connectivity index (χ3v) is 4.96. The largest absolute Gasteiger partial charge is 0.273 e. The molecular weight excluding hydrogens is 332 g/mol. The maximum Gasteiger partial charge on any atom is 0.243 e. The van der Waals surface area contributed by atoms with Gasteiger partial charge >= 0.3 is 0 Å². The number of carbonyl (C=O) groups is 1. The Bertz CT molecular complexity index is 790. The smallest absolute Gasteiger partial charge is 0.243 e. The molecule has 0 spiro atoms. The monoisotopic (exact) mass is 354 g/mol. The molecule has 2 atom stereocenters.